The summed E-state index contributed by atoms with van der Waals surface area (Å²) in [5.74, 6) is 1.75. The van der Waals surface area contributed by atoms with Crippen molar-refractivity contribution in [1.29, 1.82) is 0 Å². The van der Waals surface area contributed by atoms with Crippen LogP contribution in [0.25, 0.3) is 0 Å². The molecule has 1 aromatic heterocycles. The van der Waals surface area contributed by atoms with Gasteiger partial charge in [0, 0.05) is 24.6 Å². The Morgan fingerprint density at radius 3 is 2.96 bits per heavy atom. The molecule has 1 saturated carbocycles. The van der Waals surface area contributed by atoms with Crippen molar-refractivity contribution in [3.63, 3.8) is 0 Å². The van der Waals surface area contributed by atoms with Crippen molar-refractivity contribution >= 4 is 17.7 Å². The van der Waals surface area contributed by atoms with Crippen molar-refractivity contribution in [3.8, 4) is 0 Å². The molecule has 5 heteroatoms. The Kier molecular flexibility index (Phi) is 7.89. The number of thioether (sulfide) groups is 1. The number of amides is 1. The number of carbonyl (C=O) groups excluding carboxylic acids is 1. The molecule has 1 unspecified atom stereocenters. The Morgan fingerprint density at radius 1 is 1.43 bits per heavy atom. The van der Waals surface area contributed by atoms with Gasteiger partial charge in [0.25, 0.3) is 5.91 Å². The van der Waals surface area contributed by atoms with Crippen molar-refractivity contribution in [1.82, 2.24) is 10.3 Å². The Balaban J connectivity index is 1.91. The number of hydrogen-bond acceptors (Lipinski definition) is 4. The van der Waals surface area contributed by atoms with Crippen LogP contribution in [0.3, 0.4) is 0 Å². The van der Waals surface area contributed by atoms with E-state index < -0.39 is 0 Å². The standard InChI is InChI=1S/C18H28N2O2S/c1-14(7-6-12-21)20-17(22)16-10-5-11-19-18(16)23-13-15-8-3-2-4-9-15/h5,10-11,14-15,21H,2-4,6-9,12-13H2,1H3,(H,20,22). The second-order valence-electron chi connectivity index (χ2n) is 6.41. The molecule has 128 valence electrons. The van der Waals surface area contributed by atoms with Gasteiger partial charge in [0.1, 0.15) is 5.03 Å². The van der Waals surface area contributed by atoms with Crippen molar-refractivity contribution in [2.45, 2.75) is 62.9 Å². The van der Waals surface area contributed by atoms with E-state index in [1.807, 2.05) is 19.1 Å². The summed E-state index contributed by atoms with van der Waals surface area (Å²) in [6.45, 7) is 2.13. The number of aliphatic hydroxyl groups excluding tert-OH is 1. The number of pyridine rings is 1. The highest BCUT2D eigenvalue weighted by molar-refractivity contribution is 7.99. The van der Waals surface area contributed by atoms with Crippen molar-refractivity contribution < 1.29 is 9.90 Å². The third kappa shape index (κ3) is 6.15. The molecule has 1 aromatic rings. The van der Waals surface area contributed by atoms with Gasteiger partial charge in [0.05, 0.1) is 5.56 Å². The number of carbonyl (C=O) groups is 1. The summed E-state index contributed by atoms with van der Waals surface area (Å²) in [5, 5.41) is 12.7. The highest BCUT2D eigenvalue weighted by Crippen LogP contribution is 2.30. The molecule has 2 N–H and O–H groups in total. The molecule has 0 aromatic carbocycles. The van der Waals surface area contributed by atoms with E-state index in [4.69, 9.17) is 5.11 Å². The monoisotopic (exact) mass is 336 g/mol. The molecule has 1 heterocycles. The number of aliphatic hydroxyl groups is 1. The molecular weight excluding hydrogens is 308 g/mol. The zero-order valence-corrected chi connectivity index (χ0v) is 14.8. The average molecular weight is 337 g/mol. The van der Waals surface area contributed by atoms with Crippen LogP contribution in [0.1, 0.15) is 62.2 Å². The summed E-state index contributed by atoms with van der Waals surface area (Å²) in [5.41, 5.74) is 0.671. The molecule has 1 fully saturated rings. The summed E-state index contributed by atoms with van der Waals surface area (Å²) in [6, 6.07) is 3.73. The van der Waals surface area contributed by atoms with Gasteiger partial charge in [-0.15, -0.1) is 11.8 Å². The van der Waals surface area contributed by atoms with Crippen LogP contribution in [0.5, 0.6) is 0 Å². The molecule has 2 rings (SSSR count). The first-order valence-electron chi connectivity index (χ1n) is 8.70. The predicted octanol–water partition coefficient (Wildman–Crippen LogP) is 3.64. The Bertz CT molecular complexity index is 490. The van der Waals surface area contributed by atoms with E-state index in [0.717, 1.165) is 23.1 Å². The van der Waals surface area contributed by atoms with Gasteiger partial charge in [-0.25, -0.2) is 4.98 Å². The van der Waals surface area contributed by atoms with E-state index in [9.17, 15) is 4.79 Å². The first-order valence-corrected chi connectivity index (χ1v) is 9.68. The molecule has 1 aliphatic rings. The van der Waals surface area contributed by atoms with Crippen LogP contribution in [0.15, 0.2) is 23.4 Å². The van der Waals surface area contributed by atoms with E-state index in [2.05, 4.69) is 10.3 Å². The second-order valence-corrected chi connectivity index (χ2v) is 7.42. The Morgan fingerprint density at radius 2 is 2.22 bits per heavy atom. The first-order chi connectivity index (χ1) is 11.2. The maximum Gasteiger partial charge on any atom is 0.254 e. The van der Waals surface area contributed by atoms with Gasteiger partial charge in [-0.3, -0.25) is 4.79 Å². The summed E-state index contributed by atoms with van der Waals surface area (Å²) in [4.78, 5) is 16.9. The minimum absolute atomic E-state index is 0.0605. The fourth-order valence-electron chi connectivity index (χ4n) is 3.00. The minimum atomic E-state index is -0.0605. The molecule has 0 spiro atoms. The fraction of sp³-hybridized carbons (Fsp3) is 0.667. The van der Waals surface area contributed by atoms with Crippen LogP contribution in [-0.4, -0.2) is 34.4 Å². The number of aromatic nitrogens is 1. The molecule has 1 atom stereocenters. The molecule has 4 nitrogen and oxygen atoms in total. The summed E-state index contributed by atoms with van der Waals surface area (Å²) in [7, 11) is 0. The zero-order chi connectivity index (χ0) is 16.5. The van der Waals surface area contributed by atoms with Crippen LogP contribution in [-0.2, 0) is 0 Å². The SMILES string of the molecule is CC(CCCO)NC(=O)c1cccnc1SCC1CCCCC1. The number of nitrogens with one attached hydrogen (secondary N) is 1. The smallest absolute Gasteiger partial charge is 0.254 e. The molecule has 0 saturated heterocycles. The van der Waals surface area contributed by atoms with Crippen LogP contribution < -0.4 is 5.32 Å². The number of nitrogens with zero attached hydrogens (tertiary/aromatic N) is 1. The molecule has 0 radical (unpaired) electrons. The average Bonchev–Trinajstić information content (AvgIpc) is 2.59. The van der Waals surface area contributed by atoms with Gasteiger partial charge in [-0.05, 0) is 50.7 Å². The maximum absolute atomic E-state index is 12.5. The van der Waals surface area contributed by atoms with Gasteiger partial charge in [0.15, 0.2) is 0 Å². The van der Waals surface area contributed by atoms with Crippen LogP contribution in [0.4, 0.5) is 0 Å². The van der Waals surface area contributed by atoms with Crippen molar-refractivity contribution in [2.24, 2.45) is 5.92 Å². The lowest BCUT2D eigenvalue weighted by Crippen LogP contribution is -2.33. The van der Waals surface area contributed by atoms with E-state index >= 15 is 0 Å². The molecule has 1 aliphatic carbocycles. The molecule has 1 amide bonds. The lowest BCUT2D eigenvalue weighted by atomic mass is 9.91. The second kappa shape index (κ2) is 9.93. The van der Waals surface area contributed by atoms with Gasteiger partial charge in [-0.2, -0.15) is 0 Å². The van der Waals surface area contributed by atoms with E-state index in [1.54, 1.807) is 18.0 Å². The van der Waals surface area contributed by atoms with E-state index in [-0.39, 0.29) is 18.6 Å². The molecule has 0 bridgehead atoms. The van der Waals surface area contributed by atoms with E-state index in [0.29, 0.717) is 12.0 Å². The lowest BCUT2D eigenvalue weighted by molar-refractivity contribution is 0.0932. The largest absolute Gasteiger partial charge is 0.396 e. The third-order valence-electron chi connectivity index (χ3n) is 4.37. The van der Waals surface area contributed by atoms with E-state index in [1.165, 1.54) is 32.1 Å². The Hall–Kier alpha value is -1.07. The number of hydrogen-bond donors (Lipinski definition) is 2. The Labute approximate surface area is 143 Å². The topological polar surface area (TPSA) is 62.2 Å². The quantitative estimate of drug-likeness (QED) is 0.711. The van der Waals surface area contributed by atoms with Gasteiger partial charge >= 0.3 is 0 Å². The van der Waals surface area contributed by atoms with Crippen molar-refractivity contribution in [3.05, 3.63) is 23.9 Å². The minimum Gasteiger partial charge on any atom is -0.396 e. The fourth-order valence-corrected chi connectivity index (χ4v) is 4.18. The van der Waals surface area contributed by atoms with Crippen LogP contribution in [0, 0.1) is 5.92 Å². The summed E-state index contributed by atoms with van der Waals surface area (Å²) in [6.07, 6.45) is 9.90. The molecule has 0 aliphatic heterocycles. The third-order valence-corrected chi connectivity index (χ3v) is 5.61. The van der Waals surface area contributed by atoms with Gasteiger partial charge < -0.3 is 10.4 Å². The highest BCUT2D eigenvalue weighted by Gasteiger charge is 2.18. The maximum atomic E-state index is 12.5. The lowest BCUT2D eigenvalue weighted by Gasteiger charge is -2.21. The van der Waals surface area contributed by atoms with Gasteiger partial charge in [0.2, 0.25) is 0 Å². The van der Waals surface area contributed by atoms with Crippen LogP contribution in [0.2, 0.25) is 0 Å². The van der Waals surface area contributed by atoms with Crippen molar-refractivity contribution in [2.75, 3.05) is 12.4 Å². The normalized spacial score (nSPS) is 17.0. The highest BCUT2D eigenvalue weighted by atomic mass is 32.2. The van der Waals surface area contributed by atoms with Gasteiger partial charge in [-0.1, -0.05) is 19.3 Å². The summed E-state index contributed by atoms with van der Waals surface area (Å²) < 4.78 is 0. The summed E-state index contributed by atoms with van der Waals surface area (Å²) >= 11 is 1.71. The zero-order valence-electron chi connectivity index (χ0n) is 14.0. The number of rotatable bonds is 8. The molecule has 23 heavy (non-hydrogen) atoms. The van der Waals surface area contributed by atoms with Crippen LogP contribution >= 0.6 is 11.8 Å². The molecular formula is C18H28N2O2S. The predicted molar refractivity (Wildman–Crippen MR) is 94.8 cm³/mol. The first kappa shape index (κ1) is 18.3.